The minimum atomic E-state index is -0.129. The van der Waals surface area contributed by atoms with Crippen LogP contribution < -0.4 is 10.1 Å². The first kappa shape index (κ1) is 22.0. The molecule has 1 aliphatic rings. The Morgan fingerprint density at radius 3 is 2.75 bits per heavy atom. The number of hydrogen-bond acceptors (Lipinski definition) is 7. The molecular weight excluding hydrogens is 408 g/mol. The molecule has 0 aliphatic heterocycles. The lowest BCUT2D eigenvalue weighted by Gasteiger charge is -2.13. The predicted molar refractivity (Wildman–Crippen MR) is 118 cm³/mol. The van der Waals surface area contributed by atoms with E-state index in [1.807, 2.05) is 32.9 Å². The molecule has 8 nitrogen and oxygen atoms in total. The van der Waals surface area contributed by atoms with Gasteiger partial charge in [0.1, 0.15) is 18.1 Å². The molecule has 0 bridgehead atoms. The fourth-order valence-electron chi connectivity index (χ4n) is 3.87. The molecule has 1 N–H and O–H groups in total. The number of hydrogen-bond donors (Lipinski definition) is 1. The van der Waals surface area contributed by atoms with Gasteiger partial charge in [-0.15, -0.1) is 0 Å². The number of amides is 1. The van der Waals surface area contributed by atoms with Crippen molar-refractivity contribution in [1.29, 1.82) is 0 Å². The zero-order valence-corrected chi connectivity index (χ0v) is 18.6. The average Bonchev–Trinajstić information content (AvgIpc) is 3.39. The number of ether oxygens (including phenoxy) is 2. The van der Waals surface area contributed by atoms with Gasteiger partial charge in [-0.05, 0) is 58.2 Å². The first-order valence-corrected chi connectivity index (χ1v) is 10.9. The number of aromatic nitrogens is 3. The monoisotopic (exact) mass is 436 g/mol. The molecular formula is C24H28N4O4. The van der Waals surface area contributed by atoms with Gasteiger partial charge >= 0.3 is 0 Å². The number of nitrogens with one attached hydrogen (secondary N) is 1. The summed E-state index contributed by atoms with van der Waals surface area (Å²) in [6.45, 7) is 6.72. The average molecular weight is 437 g/mol. The van der Waals surface area contributed by atoms with Crippen LogP contribution in [0.15, 0.2) is 41.2 Å². The fraction of sp³-hybridized carbons (Fsp3) is 0.417. The Hall–Kier alpha value is -3.26. The minimum Gasteiger partial charge on any atom is -0.473 e. The summed E-state index contributed by atoms with van der Waals surface area (Å²) in [5.41, 5.74) is 3.84. The predicted octanol–water partition coefficient (Wildman–Crippen LogP) is 4.01. The Bertz CT molecular complexity index is 1050. The van der Waals surface area contributed by atoms with Gasteiger partial charge in [-0.2, -0.15) is 0 Å². The number of nitrogens with zero attached hydrogens (tertiary/aromatic N) is 3. The van der Waals surface area contributed by atoms with E-state index in [-0.39, 0.29) is 24.7 Å². The van der Waals surface area contributed by atoms with Crippen molar-refractivity contribution in [3.05, 3.63) is 59.2 Å². The van der Waals surface area contributed by atoms with Crippen molar-refractivity contribution in [2.75, 3.05) is 6.61 Å². The van der Waals surface area contributed by atoms with E-state index in [2.05, 4.69) is 20.4 Å². The van der Waals surface area contributed by atoms with E-state index in [0.29, 0.717) is 29.5 Å². The highest BCUT2D eigenvalue weighted by Crippen LogP contribution is 2.26. The molecule has 0 saturated heterocycles. The molecule has 3 aromatic heterocycles. The van der Waals surface area contributed by atoms with Crippen LogP contribution in [0, 0.1) is 13.8 Å². The summed E-state index contributed by atoms with van der Waals surface area (Å²) in [5, 5.41) is 7.22. The third kappa shape index (κ3) is 5.13. The molecule has 1 fully saturated rings. The lowest BCUT2D eigenvalue weighted by atomic mass is 10.1. The Morgan fingerprint density at radius 1 is 1.16 bits per heavy atom. The van der Waals surface area contributed by atoms with Gasteiger partial charge in [-0.3, -0.25) is 9.78 Å². The van der Waals surface area contributed by atoms with Crippen molar-refractivity contribution in [2.24, 2.45) is 0 Å². The third-order valence-corrected chi connectivity index (χ3v) is 5.65. The first-order valence-electron chi connectivity index (χ1n) is 10.9. The van der Waals surface area contributed by atoms with Gasteiger partial charge in [-0.1, -0.05) is 5.16 Å². The summed E-state index contributed by atoms with van der Waals surface area (Å²) in [4.78, 5) is 21.1. The Balaban J connectivity index is 1.35. The molecule has 0 unspecified atom stereocenters. The van der Waals surface area contributed by atoms with Gasteiger partial charge < -0.3 is 19.3 Å². The van der Waals surface area contributed by atoms with Crippen molar-refractivity contribution in [2.45, 2.75) is 58.8 Å². The van der Waals surface area contributed by atoms with E-state index < -0.39 is 0 Å². The smallest absolute Gasteiger partial charge is 0.253 e. The number of pyridine rings is 2. The highest BCUT2D eigenvalue weighted by atomic mass is 16.5. The highest BCUT2D eigenvalue weighted by Gasteiger charge is 2.26. The van der Waals surface area contributed by atoms with Crippen LogP contribution in [0.1, 0.15) is 53.6 Å². The van der Waals surface area contributed by atoms with Crippen LogP contribution in [-0.2, 0) is 11.3 Å². The van der Waals surface area contributed by atoms with Crippen molar-refractivity contribution in [1.82, 2.24) is 20.4 Å². The summed E-state index contributed by atoms with van der Waals surface area (Å²) < 4.78 is 16.9. The second-order valence-corrected chi connectivity index (χ2v) is 7.99. The molecule has 1 saturated carbocycles. The van der Waals surface area contributed by atoms with Crippen molar-refractivity contribution in [3.8, 4) is 17.1 Å². The number of rotatable bonds is 8. The molecule has 168 valence electrons. The maximum absolute atomic E-state index is 12.5. The SMILES string of the molecule is CCO[C@@H]1CC[C@@H](NC(=O)c2ccc(OCc3c(-c4ccc(C)nc4)noc3C)nc2)C1. The number of carbonyl (C=O) groups is 1. The van der Waals surface area contributed by atoms with E-state index in [1.165, 1.54) is 6.20 Å². The molecule has 2 atom stereocenters. The van der Waals surface area contributed by atoms with Gasteiger partial charge in [0.15, 0.2) is 0 Å². The van der Waals surface area contributed by atoms with Crippen LogP contribution in [0.25, 0.3) is 11.3 Å². The maximum Gasteiger partial charge on any atom is 0.253 e. The summed E-state index contributed by atoms with van der Waals surface area (Å²) in [5.74, 6) is 0.973. The van der Waals surface area contributed by atoms with Crippen LogP contribution in [0.3, 0.4) is 0 Å². The Labute approximate surface area is 187 Å². The van der Waals surface area contributed by atoms with E-state index in [0.717, 1.165) is 36.1 Å². The molecule has 32 heavy (non-hydrogen) atoms. The maximum atomic E-state index is 12.5. The standard InChI is InChI=1S/C24H28N4O4/c1-4-30-20-9-8-19(11-20)27-24(29)18-7-10-22(26-13-18)31-14-21-16(3)32-28-23(21)17-6-5-15(2)25-12-17/h5-7,10,12-13,19-20H,4,8-9,11,14H2,1-3H3,(H,27,29)/t19-,20-/m1/s1. The summed E-state index contributed by atoms with van der Waals surface area (Å²) in [6.07, 6.45) is 6.30. The molecule has 8 heteroatoms. The van der Waals surface area contributed by atoms with Crippen LogP contribution in [0.2, 0.25) is 0 Å². The zero-order chi connectivity index (χ0) is 22.5. The molecule has 3 heterocycles. The largest absolute Gasteiger partial charge is 0.473 e. The topological polar surface area (TPSA) is 99.4 Å². The van der Waals surface area contributed by atoms with Crippen LogP contribution in [-0.4, -0.2) is 39.8 Å². The molecule has 0 aromatic carbocycles. The zero-order valence-electron chi connectivity index (χ0n) is 18.6. The summed E-state index contributed by atoms with van der Waals surface area (Å²) in [7, 11) is 0. The Morgan fingerprint density at radius 2 is 2.03 bits per heavy atom. The quantitative estimate of drug-likeness (QED) is 0.569. The highest BCUT2D eigenvalue weighted by molar-refractivity contribution is 5.94. The molecule has 4 rings (SSSR count). The first-order chi connectivity index (χ1) is 15.5. The van der Waals surface area contributed by atoms with Gasteiger partial charge in [0.05, 0.1) is 17.2 Å². The molecule has 1 amide bonds. The van der Waals surface area contributed by atoms with Crippen LogP contribution in [0.4, 0.5) is 0 Å². The fourth-order valence-corrected chi connectivity index (χ4v) is 3.87. The summed E-state index contributed by atoms with van der Waals surface area (Å²) in [6, 6.07) is 7.44. The van der Waals surface area contributed by atoms with E-state index >= 15 is 0 Å². The lowest BCUT2D eigenvalue weighted by molar-refractivity contribution is 0.0661. The van der Waals surface area contributed by atoms with Gasteiger partial charge in [0, 0.05) is 42.4 Å². The van der Waals surface area contributed by atoms with Crippen molar-refractivity contribution in [3.63, 3.8) is 0 Å². The second kappa shape index (κ2) is 9.91. The van der Waals surface area contributed by atoms with Crippen molar-refractivity contribution >= 4 is 5.91 Å². The molecule has 0 radical (unpaired) electrons. The minimum absolute atomic E-state index is 0.129. The third-order valence-electron chi connectivity index (χ3n) is 5.65. The molecule has 3 aromatic rings. The lowest BCUT2D eigenvalue weighted by Crippen LogP contribution is -2.33. The molecule has 0 spiro atoms. The normalized spacial score (nSPS) is 18.0. The van der Waals surface area contributed by atoms with E-state index in [1.54, 1.807) is 18.3 Å². The van der Waals surface area contributed by atoms with Crippen molar-refractivity contribution < 1.29 is 18.8 Å². The van der Waals surface area contributed by atoms with Gasteiger partial charge in [-0.25, -0.2) is 4.98 Å². The van der Waals surface area contributed by atoms with Gasteiger partial charge in [0.2, 0.25) is 5.88 Å². The van der Waals surface area contributed by atoms with E-state index in [4.69, 9.17) is 14.0 Å². The number of carbonyl (C=O) groups excluding carboxylic acids is 1. The van der Waals surface area contributed by atoms with Crippen LogP contribution in [0.5, 0.6) is 5.88 Å². The Kier molecular flexibility index (Phi) is 6.80. The van der Waals surface area contributed by atoms with Crippen LogP contribution >= 0.6 is 0 Å². The second-order valence-electron chi connectivity index (χ2n) is 7.99. The van der Waals surface area contributed by atoms with E-state index in [9.17, 15) is 4.79 Å². The summed E-state index contributed by atoms with van der Waals surface area (Å²) >= 11 is 0. The molecule has 1 aliphatic carbocycles. The van der Waals surface area contributed by atoms with Gasteiger partial charge in [0.25, 0.3) is 5.91 Å². The number of aryl methyl sites for hydroxylation is 2.